The van der Waals surface area contributed by atoms with Crippen LogP contribution < -0.4 is 3.07 Å². The molecule has 1 saturated heterocycles. The molecule has 0 radical (unpaired) electrons. The van der Waals surface area contributed by atoms with Gasteiger partial charge in [0.05, 0.1) is 0 Å². The van der Waals surface area contributed by atoms with Gasteiger partial charge in [-0.3, -0.25) is 0 Å². The van der Waals surface area contributed by atoms with Gasteiger partial charge in [0.25, 0.3) is 0 Å². The predicted molar refractivity (Wildman–Crippen MR) is 83.0 cm³/mol. The number of aliphatic hydroxyl groups excluding tert-OH is 4. The summed E-state index contributed by atoms with van der Waals surface area (Å²) in [7, 11) is 2.55. The summed E-state index contributed by atoms with van der Waals surface area (Å²) < 4.78 is 11.7. The zero-order valence-electron chi connectivity index (χ0n) is 13.2. The molecule has 1 aromatic rings. The number of carbonyl (C=O) groups is 1. The van der Waals surface area contributed by atoms with Crippen molar-refractivity contribution in [3.05, 3.63) is 30.3 Å². The first-order valence-corrected chi connectivity index (χ1v) is 18.0. The molecule has 1 fully saturated rings. The monoisotopic (exact) mass is 546 g/mol. The predicted octanol–water partition coefficient (Wildman–Crippen LogP) is -1.22. The Kier molecular flexibility index (Phi) is 7.48. The van der Waals surface area contributed by atoms with Crippen LogP contribution in [0.3, 0.4) is 0 Å². The summed E-state index contributed by atoms with van der Waals surface area (Å²) in [5, 5.41) is 39.2. The van der Waals surface area contributed by atoms with Gasteiger partial charge < -0.3 is 0 Å². The normalized spacial score (nSPS) is 31.1. The third-order valence-corrected chi connectivity index (χ3v) is 18.1. The second-order valence-corrected chi connectivity index (χ2v) is 16.8. The number of aliphatic hydroxyl groups is 4. The van der Waals surface area contributed by atoms with Gasteiger partial charge in [-0.05, 0) is 0 Å². The van der Waals surface area contributed by atoms with E-state index in [1.165, 1.54) is 15.4 Å². The molecule has 1 heterocycles. The summed E-state index contributed by atoms with van der Waals surface area (Å²) in [6, 6.07) is 9.70. The molecule has 0 saturated carbocycles. The van der Waals surface area contributed by atoms with E-state index in [4.69, 9.17) is 14.6 Å². The van der Waals surface area contributed by atoms with E-state index in [-0.39, 0.29) is 6.42 Å². The van der Waals surface area contributed by atoms with Crippen molar-refractivity contribution >= 4 is 17.3 Å². The Bertz CT molecular complexity index is 546. The first-order chi connectivity index (χ1) is 11.4. The Morgan fingerprint density at radius 1 is 1.46 bits per heavy atom. The molecule has 1 aromatic carbocycles. The van der Waals surface area contributed by atoms with Gasteiger partial charge in [-0.15, -0.1) is 0 Å². The molecule has 24 heavy (non-hydrogen) atoms. The second kappa shape index (κ2) is 8.93. The Morgan fingerprint density at radius 2 is 2.12 bits per heavy atom. The van der Waals surface area contributed by atoms with Crippen molar-refractivity contribution in [2.75, 3.05) is 13.7 Å². The average Bonchev–Trinajstić information content (AvgIpc) is 2.62. The molecule has 0 spiro atoms. The third-order valence-electron chi connectivity index (χ3n) is 3.91. The van der Waals surface area contributed by atoms with Crippen LogP contribution in [-0.4, -0.2) is 69.5 Å². The van der Waals surface area contributed by atoms with E-state index >= 15 is 0 Å². The molecule has 0 aromatic heterocycles. The molecule has 0 unspecified atom stereocenters. The molecule has 0 bridgehead atoms. The standard InChI is InChI=1S/C9H16O7S.C6H5.Hg/c1-15-8(14)9(17)2-4(11)6(13)7(16-9)5(12)3-10;1-2-4-6-5-3-1;/h4-7,10-13,17H,2-3H2,1H3;1-5H;/q;;+1/p-1/t4-,5-,6-,7-,9-;;/m1../s1. The van der Waals surface area contributed by atoms with Crippen molar-refractivity contribution in [3.63, 3.8) is 0 Å². The van der Waals surface area contributed by atoms with Crippen LogP contribution in [0.25, 0.3) is 0 Å². The first kappa shape index (κ1) is 20.1. The molecule has 0 aliphatic carbocycles. The van der Waals surface area contributed by atoms with E-state index in [1.807, 2.05) is 30.3 Å². The van der Waals surface area contributed by atoms with Crippen LogP contribution in [0.5, 0.6) is 0 Å². The summed E-state index contributed by atoms with van der Waals surface area (Å²) in [6.07, 6.45) is -5.46. The van der Waals surface area contributed by atoms with Crippen molar-refractivity contribution in [1.82, 2.24) is 0 Å². The fraction of sp³-hybridized carbons (Fsp3) is 0.533. The number of esters is 1. The van der Waals surface area contributed by atoms with Gasteiger partial charge in [-0.25, -0.2) is 0 Å². The van der Waals surface area contributed by atoms with Crippen LogP contribution in [-0.2, 0) is 37.3 Å². The molecular weight excluding hydrogens is 525 g/mol. The maximum absolute atomic E-state index is 12.3. The number of hydrogen-bond acceptors (Lipinski definition) is 8. The fourth-order valence-corrected chi connectivity index (χ4v) is 15.3. The Balaban J connectivity index is 2.24. The van der Waals surface area contributed by atoms with E-state index in [2.05, 4.69) is 0 Å². The number of benzene rings is 1. The van der Waals surface area contributed by atoms with E-state index in [1.54, 1.807) is 0 Å². The zero-order chi connectivity index (χ0) is 17.7. The summed E-state index contributed by atoms with van der Waals surface area (Å²) in [5.74, 6) is -0.662. The van der Waals surface area contributed by atoms with Gasteiger partial charge in [-0.2, -0.15) is 0 Å². The molecule has 0 amide bonds. The molecular formula is C15H20HgO7S. The second-order valence-electron chi connectivity index (χ2n) is 5.61. The Morgan fingerprint density at radius 3 is 2.71 bits per heavy atom. The van der Waals surface area contributed by atoms with E-state index < -0.39 is 65.0 Å². The van der Waals surface area contributed by atoms with Gasteiger partial charge in [0.2, 0.25) is 0 Å². The molecule has 7 nitrogen and oxygen atoms in total. The van der Waals surface area contributed by atoms with Crippen molar-refractivity contribution in [2.45, 2.75) is 35.8 Å². The fourth-order valence-electron chi connectivity index (χ4n) is 2.58. The van der Waals surface area contributed by atoms with Gasteiger partial charge >= 0.3 is 155 Å². The van der Waals surface area contributed by atoms with Crippen LogP contribution in [0.1, 0.15) is 6.42 Å². The van der Waals surface area contributed by atoms with Gasteiger partial charge in [0.1, 0.15) is 0 Å². The topological polar surface area (TPSA) is 116 Å². The zero-order valence-corrected chi connectivity index (χ0v) is 19.6. The van der Waals surface area contributed by atoms with Crippen LogP contribution in [0, 0.1) is 0 Å². The summed E-state index contributed by atoms with van der Waals surface area (Å²) in [5.41, 5.74) is 0. The Hall–Kier alpha value is -0.225. The number of carbonyl (C=O) groups excluding carboxylic acids is 1. The van der Waals surface area contributed by atoms with Crippen LogP contribution in [0.2, 0.25) is 0 Å². The molecule has 1 aliphatic heterocycles. The molecule has 4 N–H and O–H groups in total. The molecule has 1 aliphatic rings. The number of ether oxygens (including phenoxy) is 2. The van der Waals surface area contributed by atoms with Crippen molar-refractivity contribution in [3.8, 4) is 0 Å². The van der Waals surface area contributed by atoms with E-state index in [9.17, 15) is 20.1 Å². The van der Waals surface area contributed by atoms with Crippen LogP contribution in [0.15, 0.2) is 30.3 Å². The SMILES string of the molecule is COC(=O)[C@]1([S][Hg][c]2ccccc2)C[C@@H](O)[C@@H](O)[C@@H]([C@H](O)CO)O1. The molecule has 2 rings (SSSR count). The summed E-state index contributed by atoms with van der Waals surface area (Å²) in [4.78, 5) is 10.9. The first-order valence-electron chi connectivity index (χ1n) is 7.52. The third kappa shape index (κ3) is 4.49. The van der Waals surface area contributed by atoms with Crippen molar-refractivity contribution < 1.29 is 57.8 Å². The average molecular weight is 545 g/mol. The van der Waals surface area contributed by atoms with Gasteiger partial charge in [0.15, 0.2) is 0 Å². The number of hydrogen-bond donors (Lipinski definition) is 4. The van der Waals surface area contributed by atoms with Gasteiger partial charge in [-0.1, -0.05) is 0 Å². The molecule has 130 valence electrons. The maximum atomic E-state index is 12.3. The van der Waals surface area contributed by atoms with Gasteiger partial charge in [0, 0.05) is 0 Å². The van der Waals surface area contributed by atoms with Crippen molar-refractivity contribution in [2.24, 2.45) is 0 Å². The minimum absolute atomic E-state index is 0.132. The number of methoxy groups -OCH3 is 1. The minimum atomic E-state index is -1.85. The quantitative estimate of drug-likeness (QED) is 0.260. The number of rotatable bonds is 6. The van der Waals surface area contributed by atoms with E-state index in [0.717, 1.165) is 3.07 Å². The summed E-state index contributed by atoms with van der Waals surface area (Å²) in [6.45, 7) is -0.653. The molecule has 9 heteroatoms. The van der Waals surface area contributed by atoms with E-state index in [0.29, 0.717) is 0 Å². The van der Waals surface area contributed by atoms with Crippen LogP contribution in [0.4, 0.5) is 0 Å². The summed E-state index contributed by atoms with van der Waals surface area (Å²) >= 11 is -1.85. The van der Waals surface area contributed by atoms with Crippen LogP contribution >= 0.6 is 8.24 Å². The Labute approximate surface area is 154 Å². The molecule has 5 atom stereocenters. The van der Waals surface area contributed by atoms with Crippen molar-refractivity contribution in [1.29, 1.82) is 0 Å².